The van der Waals surface area contributed by atoms with Gasteiger partial charge in [-0.3, -0.25) is 0 Å². The number of aliphatic hydroxyl groups is 1. The van der Waals surface area contributed by atoms with Crippen LogP contribution in [0.25, 0.3) is 0 Å². The van der Waals surface area contributed by atoms with Crippen molar-refractivity contribution in [1.82, 2.24) is 4.72 Å². The summed E-state index contributed by atoms with van der Waals surface area (Å²) in [6, 6.07) is 5.62. The average molecular weight is 360 g/mol. The maximum Gasteiger partial charge on any atom is 0.240 e. The minimum Gasteiger partial charge on any atom is -0.391 e. The van der Waals surface area contributed by atoms with Gasteiger partial charge < -0.3 is 5.11 Å². The lowest BCUT2D eigenvalue weighted by molar-refractivity contribution is 0.0587. The third kappa shape index (κ3) is 4.69. The molecule has 0 heterocycles. The Kier molecular flexibility index (Phi) is 6.48. The van der Waals surface area contributed by atoms with E-state index in [1.165, 1.54) is 12.1 Å². The molecule has 1 saturated carbocycles. The Bertz CT molecular complexity index is 597. The van der Waals surface area contributed by atoms with Gasteiger partial charge in [0.05, 0.1) is 17.0 Å². The summed E-state index contributed by atoms with van der Waals surface area (Å²) in [6.45, 7) is 3.99. The van der Waals surface area contributed by atoms with Crippen LogP contribution in [0.1, 0.15) is 46.0 Å². The molecule has 1 aliphatic rings. The number of nitrogens with one attached hydrogen (secondary N) is 1. The van der Waals surface area contributed by atoms with Gasteiger partial charge in [-0.1, -0.05) is 44.7 Å². The first kappa shape index (κ1) is 18.7. The van der Waals surface area contributed by atoms with Gasteiger partial charge in [-0.05, 0) is 48.9 Å². The minimum absolute atomic E-state index is 0.0627. The maximum absolute atomic E-state index is 12.6. The number of benzene rings is 1. The topological polar surface area (TPSA) is 66.4 Å². The molecule has 1 aromatic rings. The SMILES string of the molecule is CC[C@H](C)[C@H](NS(=O)(=O)c1ccc(Cl)cc1)C(O)C1CCCC1. The van der Waals surface area contributed by atoms with Crippen LogP contribution in [-0.2, 0) is 10.0 Å². The molecule has 2 N–H and O–H groups in total. The van der Waals surface area contributed by atoms with Crippen LogP contribution in [0.15, 0.2) is 29.2 Å². The molecule has 3 atom stereocenters. The lowest BCUT2D eigenvalue weighted by Crippen LogP contribution is -2.49. The first-order valence-electron chi connectivity index (χ1n) is 8.31. The van der Waals surface area contributed by atoms with E-state index >= 15 is 0 Å². The Hall–Kier alpha value is -0.620. The minimum atomic E-state index is -3.67. The molecule has 0 spiro atoms. The van der Waals surface area contributed by atoms with E-state index in [1.54, 1.807) is 12.1 Å². The van der Waals surface area contributed by atoms with Gasteiger partial charge in [-0.25, -0.2) is 13.1 Å². The highest BCUT2D eigenvalue weighted by Gasteiger charge is 2.35. The Morgan fingerprint density at radius 3 is 2.35 bits per heavy atom. The van der Waals surface area contributed by atoms with E-state index in [2.05, 4.69) is 4.72 Å². The zero-order valence-electron chi connectivity index (χ0n) is 13.7. The van der Waals surface area contributed by atoms with Gasteiger partial charge >= 0.3 is 0 Å². The first-order chi connectivity index (χ1) is 10.8. The fraction of sp³-hybridized carbons (Fsp3) is 0.647. The highest BCUT2D eigenvalue weighted by atomic mass is 35.5. The van der Waals surface area contributed by atoms with Crippen LogP contribution in [0.4, 0.5) is 0 Å². The average Bonchev–Trinajstić information content (AvgIpc) is 3.06. The van der Waals surface area contributed by atoms with Crippen molar-refractivity contribution in [3.8, 4) is 0 Å². The molecule has 0 bridgehead atoms. The number of halogens is 1. The molecular weight excluding hydrogens is 334 g/mol. The molecule has 2 rings (SSSR count). The van der Waals surface area contributed by atoms with Gasteiger partial charge in [0.25, 0.3) is 0 Å². The lowest BCUT2D eigenvalue weighted by Gasteiger charge is -2.32. The van der Waals surface area contributed by atoms with Gasteiger partial charge in [-0.15, -0.1) is 0 Å². The summed E-state index contributed by atoms with van der Waals surface area (Å²) in [4.78, 5) is 0.175. The highest BCUT2D eigenvalue weighted by molar-refractivity contribution is 7.89. The van der Waals surface area contributed by atoms with E-state index in [0.29, 0.717) is 5.02 Å². The normalized spacial score (nSPS) is 20.3. The van der Waals surface area contributed by atoms with Crippen LogP contribution in [0, 0.1) is 11.8 Å². The number of hydrogen-bond acceptors (Lipinski definition) is 3. The van der Waals surface area contributed by atoms with Crippen molar-refractivity contribution >= 4 is 21.6 Å². The Morgan fingerprint density at radius 1 is 1.26 bits per heavy atom. The fourth-order valence-corrected chi connectivity index (χ4v) is 4.72. The van der Waals surface area contributed by atoms with Gasteiger partial charge in [0.2, 0.25) is 10.0 Å². The fourth-order valence-electron chi connectivity index (χ4n) is 3.23. The zero-order valence-corrected chi connectivity index (χ0v) is 15.3. The van der Waals surface area contributed by atoms with E-state index in [1.807, 2.05) is 13.8 Å². The summed E-state index contributed by atoms with van der Waals surface area (Å²) in [5.74, 6) is 0.245. The smallest absolute Gasteiger partial charge is 0.240 e. The van der Waals surface area contributed by atoms with E-state index < -0.39 is 22.2 Å². The number of rotatable bonds is 7. The molecule has 130 valence electrons. The van der Waals surface area contributed by atoms with Crippen LogP contribution in [0.5, 0.6) is 0 Å². The van der Waals surface area contributed by atoms with Crippen LogP contribution in [0.3, 0.4) is 0 Å². The van der Waals surface area contributed by atoms with E-state index in [-0.39, 0.29) is 16.7 Å². The molecule has 0 amide bonds. The largest absolute Gasteiger partial charge is 0.391 e. The van der Waals surface area contributed by atoms with Crippen molar-refractivity contribution in [2.24, 2.45) is 11.8 Å². The molecule has 0 aliphatic heterocycles. The van der Waals surface area contributed by atoms with Gasteiger partial charge in [-0.2, -0.15) is 0 Å². The molecule has 1 fully saturated rings. The van der Waals surface area contributed by atoms with Gasteiger partial charge in [0.15, 0.2) is 0 Å². The first-order valence-corrected chi connectivity index (χ1v) is 10.2. The molecule has 0 aromatic heterocycles. The van der Waals surface area contributed by atoms with Crippen molar-refractivity contribution in [3.05, 3.63) is 29.3 Å². The van der Waals surface area contributed by atoms with Crippen molar-refractivity contribution in [2.45, 2.75) is 63.0 Å². The van der Waals surface area contributed by atoms with Crippen molar-refractivity contribution in [3.63, 3.8) is 0 Å². The number of sulfonamides is 1. The van der Waals surface area contributed by atoms with Crippen LogP contribution in [-0.4, -0.2) is 25.7 Å². The molecule has 1 aromatic carbocycles. The predicted octanol–water partition coefficient (Wildman–Crippen LogP) is 3.58. The third-order valence-corrected chi connectivity index (χ3v) is 6.65. The summed E-state index contributed by atoms with van der Waals surface area (Å²) < 4.78 is 28.0. The summed E-state index contributed by atoms with van der Waals surface area (Å²) in [7, 11) is -3.67. The zero-order chi connectivity index (χ0) is 17.0. The Balaban J connectivity index is 2.20. The van der Waals surface area contributed by atoms with Crippen LogP contribution in [0.2, 0.25) is 5.02 Å². The van der Waals surface area contributed by atoms with Crippen molar-refractivity contribution in [1.29, 1.82) is 0 Å². The molecule has 0 radical (unpaired) electrons. The molecule has 23 heavy (non-hydrogen) atoms. The molecular formula is C17H26ClNO3S. The quantitative estimate of drug-likeness (QED) is 0.781. The number of aliphatic hydroxyl groups excluding tert-OH is 1. The predicted molar refractivity (Wildman–Crippen MR) is 93.0 cm³/mol. The highest BCUT2D eigenvalue weighted by Crippen LogP contribution is 2.31. The van der Waals surface area contributed by atoms with Crippen LogP contribution < -0.4 is 4.72 Å². The number of hydrogen-bond donors (Lipinski definition) is 2. The second kappa shape index (κ2) is 7.97. The maximum atomic E-state index is 12.6. The Labute approximate surface area is 144 Å². The molecule has 0 saturated heterocycles. The molecule has 1 aliphatic carbocycles. The Morgan fingerprint density at radius 2 is 1.83 bits per heavy atom. The van der Waals surface area contributed by atoms with E-state index in [4.69, 9.17) is 11.6 Å². The second-order valence-electron chi connectivity index (χ2n) is 6.52. The van der Waals surface area contributed by atoms with Crippen molar-refractivity contribution in [2.75, 3.05) is 0 Å². The standard InChI is InChI=1S/C17H26ClNO3S/c1-3-12(2)16(17(20)13-6-4-5-7-13)19-23(21,22)15-10-8-14(18)9-11-15/h8-13,16-17,19-20H,3-7H2,1-2H3/t12-,16-,17?/m0/s1. The second-order valence-corrected chi connectivity index (χ2v) is 8.67. The molecule has 6 heteroatoms. The summed E-state index contributed by atoms with van der Waals surface area (Å²) in [5.41, 5.74) is 0. The van der Waals surface area contributed by atoms with Gasteiger partial charge in [0, 0.05) is 5.02 Å². The third-order valence-electron chi connectivity index (χ3n) is 4.92. The monoisotopic (exact) mass is 359 g/mol. The van der Waals surface area contributed by atoms with Crippen molar-refractivity contribution < 1.29 is 13.5 Å². The molecule has 1 unspecified atom stereocenters. The van der Waals surface area contributed by atoms with E-state index in [9.17, 15) is 13.5 Å². The lowest BCUT2D eigenvalue weighted by atomic mass is 9.87. The summed E-state index contributed by atoms with van der Waals surface area (Å²) in [6.07, 6.45) is 4.32. The van der Waals surface area contributed by atoms with E-state index in [0.717, 1.165) is 32.1 Å². The molecule has 4 nitrogen and oxygen atoms in total. The summed E-state index contributed by atoms with van der Waals surface area (Å²) >= 11 is 5.82. The summed E-state index contributed by atoms with van der Waals surface area (Å²) in [5, 5.41) is 11.2. The van der Waals surface area contributed by atoms with Crippen LogP contribution >= 0.6 is 11.6 Å². The van der Waals surface area contributed by atoms with Gasteiger partial charge in [0.1, 0.15) is 0 Å².